The van der Waals surface area contributed by atoms with E-state index in [1.54, 1.807) is 12.1 Å². The van der Waals surface area contributed by atoms with Gasteiger partial charge in [-0.3, -0.25) is 9.59 Å². The highest BCUT2D eigenvalue weighted by Crippen LogP contribution is 2.45. The Hall–Kier alpha value is -0.420. The molecule has 0 aromatic heterocycles. The molecule has 0 bridgehead atoms. The van der Waals surface area contributed by atoms with Gasteiger partial charge in [-0.1, -0.05) is 23.2 Å². The highest BCUT2D eigenvalue weighted by Gasteiger charge is 2.36. The number of ketones is 2. The monoisotopic (exact) mass is 406 g/mol. The predicted molar refractivity (Wildman–Crippen MR) is 78.0 cm³/mol. The fourth-order valence-corrected chi connectivity index (χ4v) is 4.29. The average molecular weight is 409 g/mol. The molecule has 0 amide bonds. The second kappa shape index (κ2) is 4.04. The van der Waals surface area contributed by atoms with Gasteiger partial charge in [0.15, 0.2) is 0 Å². The number of hydrogen-bond acceptors (Lipinski definition) is 2. The lowest BCUT2D eigenvalue weighted by atomic mass is 10.0. The zero-order valence-electron chi connectivity index (χ0n) is 8.48. The van der Waals surface area contributed by atoms with Crippen molar-refractivity contribution in [3.05, 3.63) is 42.3 Å². The Bertz CT molecular complexity index is 708. The number of carbonyl (C=O) groups excluding carboxylic acids is 2. The molecule has 18 heavy (non-hydrogen) atoms. The van der Waals surface area contributed by atoms with Crippen LogP contribution in [0.1, 0.15) is 20.7 Å². The summed E-state index contributed by atoms with van der Waals surface area (Å²) in [6.45, 7) is 0. The van der Waals surface area contributed by atoms with Crippen LogP contribution in [0.15, 0.2) is 21.1 Å². The second-order valence-electron chi connectivity index (χ2n) is 3.84. The van der Waals surface area contributed by atoms with Gasteiger partial charge >= 0.3 is 0 Å². The van der Waals surface area contributed by atoms with Crippen LogP contribution >= 0.6 is 55.1 Å². The maximum absolute atomic E-state index is 12.0. The van der Waals surface area contributed by atoms with Crippen LogP contribution in [0.5, 0.6) is 0 Å². The Kier molecular flexibility index (Phi) is 2.83. The van der Waals surface area contributed by atoms with E-state index in [9.17, 15) is 9.59 Å². The maximum atomic E-state index is 12.0. The van der Waals surface area contributed by atoms with E-state index >= 15 is 0 Å². The summed E-state index contributed by atoms with van der Waals surface area (Å²) in [4.78, 5) is 24.0. The van der Waals surface area contributed by atoms with Crippen molar-refractivity contribution in [3.63, 3.8) is 0 Å². The third-order valence-corrected chi connectivity index (χ3v) is 4.72. The van der Waals surface area contributed by atoms with Gasteiger partial charge in [-0.25, -0.2) is 0 Å². The van der Waals surface area contributed by atoms with Crippen LogP contribution in [0.4, 0.5) is 0 Å². The molecule has 0 saturated carbocycles. The summed E-state index contributed by atoms with van der Waals surface area (Å²) in [5.74, 6) is -1.08. The molecule has 2 aromatic rings. The minimum Gasteiger partial charge on any atom is -0.285 e. The van der Waals surface area contributed by atoms with Crippen molar-refractivity contribution in [2.75, 3.05) is 0 Å². The van der Waals surface area contributed by atoms with E-state index < -0.39 is 11.6 Å². The summed E-state index contributed by atoms with van der Waals surface area (Å²) in [5.41, 5.74) is 0.662. The summed E-state index contributed by atoms with van der Waals surface area (Å²) in [5, 5.41) is 1.86. The van der Waals surface area contributed by atoms with Crippen LogP contribution in [-0.2, 0) is 0 Å². The Morgan fingerprint density at radius 3 is 1.56 bits per heavy atom. The zero-order valence-corrected chi connectivity index (χ0v) is 13.2. The summed E-state index contributed by atoms with van der Waals surface area (Å²) < 4.78 is 1.01. The van der Waals surface area contributed by atoms with Gasteiger partial charge in [0.25, 0.3) is 0 Å². The Morgan fingerprint density at radius 2 is 1.17 bits per heavy atom. The van der Waals surface area contributed by atoms with Crippen molar-refractivity contribution in [2.24, 2.45) is 0 Å². The first-order valence-electron chi connectivity index (χ1n) is 4.82. The van der Waals surface area contributed by atoms with Crippen LogP contribution in [0.3, 0.4) is 0 Å². The van der Waals surface area contributed by atoms with Crippen molar-refractivity contribution >= 4 is 77.4 Å². The summed E-state index contributed by atoms with van der Waals surface area (Å²) in [7, 11) is 0. The van der Waals surface area contributed by atoms with Crippen LogP contribution in [0, 0.1) is 0 Å². The van der Waals surface area contributed by atoms with Crippen molar-refractivity contribution in [1.29, 1.82) is 0 Å². The average Bonchev–Trinajstić information content (AvgIpc) is 2.51. The molecule has 0 fully saturated rings. The van der Waals surface area contributed by atoms with E-state index in [4.69, 9.17) is 23.2 Å². The quantitative estimate of drug-likeness (QED) is 0.571. The number of carbonyl (C=O) groups is 2. The first-order chi connectivity index (χ1) is 8.43. The zero-order chi connectivity index (χ0) is 13.2. The molecule has 0 radical (unpaired) electrons. The Morgan fingerprint density at radius 1 is 0.778 bits per heavy atom. The number of rotatable bonds is 0. The van der Waals surface area contributed by atoms with Crippen molar-refractivity contribution < 1.29 is 9.59 Å². The Balaban J connectivity index is 2.70. The molecule has 0 N–H and O–H groups in total. The number of halogens is 4. The molecule has 0 spiro atoms. The third kappa shape index (κ3) is 1.46. The molecule has 0 atom stereocenters. The van der Waals surface area contributed by atoms with Crippen LogP contribution in [0.2, 0.25) is 10.0 Å². The normalized spacial score (nSPS) is 13.8. The first-order valence-corrected chi connectivity index (χ1v) is 7.16. The van der Waals surface area contributed by atoms with E-state index in [-0.39, 0.29) is 0 Å². The van der Waals surface area contributed by atoms with Crippen molar-refractivity contribution in [3.8, 4) is 0 Å². The van der Waals surface area contributed by atoms with Gasteiger partial charge in [0.2, 0.25) is 11.6 Å². The minimum absolute atomic E-state index is 0.331. The van der Waals surface area contributed by atoms with E-state index in [1.165, 1.54) is 0 Å². The molecule has 6 heteroatoms. The topological polar surface area (TPSA) is 34.1 Å². The lowest BCUT2D eigenvalue weighted by Gasteiger charge is -2.08. The molecule has 0 saturated heterocycles. The van der Waals surface area contributed by atoms with E-state index in [2.05, 4.69) is 31.9 Å². The van der Waals surface area contributed by atoms with Gasteiger partial charge in [-0.05, 0) is 44.0 Å². The van der Waals surface area contributed by atoms with E-state index in [0.717, 1.165) is 0 Å². The Labute approximate surface area is 129 Å². The molecule has 90 valence electrons. The highest BCUT2D eigenvalue weighted by atomic mass is 79.9. The largest absolute Gasteiger partial charge is 0.285 e. The van der Waals surface area contributed by atoms with Crippen molar-refractivity contribution in [2.45, 2.75) is 0 Å². The molecule has 0 aliphatic heterocycles. The second-order valence-corrected chi connectivity index (χ2v) is 6.36. The fraction of sp³-hybridized carbons (Fsp3) is 0. The predicted octanol–water partition coefficient (Wildman–Crippen LogP) is 5.05. The van der Waals surface area contributed by atoms with E-state index in [0.29, 0.717) is 40.9 Å². The molecular weight excluding hydrogens is 407 g/mol. The lowest BCUT2D eigenvalue weighted by molar-refractivity contribution is 0.0824. The van der Waals surface area contributed by atoms with Gasteiger partial charge in [-0.2, -0.15) is 0 Å². The molecule has 2 aromatic carbocycles. The number of benzene rings is 2. The minimum atomic E-state index is -0.540. The van der Waals surface area contributed by atoms with Crippen LogP contribution < -0.4 is 0 Å². The van der Waals surface area contributed by atoms with Gasteiger partial charge in [0.05, 0.1) is 10.0 Å². The molecule has 3 rings (SSSR count). The molecule has 2 nitrogen and oxygen atoms in total. The van der Waals surface area contributed by atoms with Gasteiger partial charge in [0.1, 0.15) is 0 Å². The van der Waals surface area contributed by atoms with Gasteiger partial charge < -0.3 is 0 Å². The fourth-order valence-electron chi connectivity index (χ4n) is 2.15. The molecule has 1 aliphatic rings. The van der Waals surface area contributed by atoms with E-state index in [1.807, 2.05) is 0 Å². The van der Waals surface area contributed by atoms with Gasteiger partial charge in [0, 0.05) is 30.8 Å². The number of Topliss-reactive ketones (excluding diaryl/α,β-unsaturated/α-hetero) is 2. The van der Waals surface area contributed by atoms with Crippen LogP contribution in [-0.4, -0.2) is 11.6 Å². The standard InChI is InChI=1S/C12H2Br2Cl2O2/c13-3-1-5(15)9-6(16)2-4(14)8-10(9)7(3)11(17)12(8)18/h1-2H. The molecule has 0 heterocycles. The maximum Gasteiger partial charge on any atom is 0.235 e. The van der Waals surface area contributed by atoms with Crippen LogP contribution in [0.25, 0.3) is 10.8 Å². The lowest BCUT2D eigenvalue weighted by Crippen LogP contribution is -2.07. The third-order valence-electron chi connectivity index (χ3n) is 2.87. The smallest absolute Gasteiger partial charge is 0.235 e. The molecule has 0 unspecified atom stereocenters. The first kappa shape index (κ1) is 12.6. The molecule has 1 aliphatic carbocycles. The number of hydrogen-bond donors (Lipinski definition) is 0. The molecular formula is C12H2Br2Cl2O2. The SMILES string of the molecule is O=C1C(=O)c2c(Br)cc(Cl)c3c(Cl)cc(Br)c1c23. The summed E-state index contributed by atoms with van der Waals surface area (Å²) >= 11 is 18.8. The van der Waals surface area contributed by atoms with Gasteiger partial charge in [-0.15, -0.1) is 0 Å². The summed E-state index contributed by atoms with van der Waals surface area (Å²) in [6, 6.07) is 3.17. The summed E-state index contributed by atoms with van der Waals surface area (Å²) in [6.07, 6.45) is 0. The van der Waals surface area contributed by atoms with Crippen molar-refractivity contribution in [1.82, 2.24) is 0 Å². The highest BCUT2D eigenvalue weighted by molar-refractivity contribution is 9.11.